The number of nitrogens with one attached hydrogen (secondary N) is 1. The summed E-state index contributed by atoms with van der Waals surface area (Å²) >= 11 is 0. The summed E-state index contributed by atoms with van der Waals surface area (Å²) in [5, 5.41) is 3.38. The van der Waals surface area contributed by atoms with Crippen molar-refractivity contribution in [3.05, 3.63) is 24.0 Å². The summed E-state index contributed by atoms with van der Waals surface area (Å²) in [6, 6.07) is 4.82. The third kappa shape index (κ3) is 4.35. The predicted octanol–water partition coefficient (Wildman–Crippen LogP) is 2.82. The van der Waals surface area contributed by atoms with Crippen LogP contribution in [0.1, 0.15) is 39.3 Å². The van der Waals surface area contributed by atoms with E-state index in [2.05, 4.69) is 55.2 Å². The third-order valence-electron chi connectivity index (χ3n) is 3.19. The van der Waals surface area contributed by atoms with Crippen molar-refractivity contribution in [3.63, 3.8) is 0 Å². The van der Waals surface area contributed by atoms with Crippen LogP contribution in [0.3, 0.4) is 0 Å². The van der Waals surface area contributed by atoms with E-state index in [9.17, 15) is 0 Å². The van der Waals surface area contributed by atoms with Gasteiger partial charge < -0.3 is 10.2 Å². The maximum absolute atomic E-state index is 4.39. The monoisotopic (exact) mass is 235 g/mol. The molecule has 0 amide bonds. The lowest BCUT2D eigenvalue weighted by Gasteiger charge is -2.26. The molecule has 1 aromatic heterocycles. The number of pyridine rings is 1. The minimum absolute atomic E-state index is 0.564. The average Bonchev–Trinajstić information content (AvgIpc) is 2.37. The molecule has 1 heterocycles. The van der Waals surface area contributed by atoms with Crippen LogP contribution in [0.5, 0.6) is 0 Å². The second-order valence-electron chi connectivity index (χ2n) is 4.55. The first kappa shape index (κ1) is 14.0. The van der Waals surface area contributed by atoms with Crippen molar-refractivity contribution in [1.29, 1.82) is 0 Å². The summed E-state index contributed by atoms with van der Waals surface area (Å²) in [7, 11) is 2.15. The number of rotatable bonds is 7. The van der Waals surface area contributed by atoms with Crippen LogP contribution in [0.25, 0.3) is 0 Å². The molecule has 1 atom stereocenters. The van der Waals surface area contributed by atoms with Gasteiger partial charge >= 0.3 is 0 Å². The van der Waals surface area contributed by atoms with Crippen molar-refractivity contribution >= 4 is 5.69 Å². The first-order valence-corrected chi connectivity index (χ1v) is 6.57. The van der Waals surface area contributed by atoms with E-state index in [-0.39, 0.29) is 0 Å². The van der Waals surface area contributed by atoms with E-state index in [1.807, 2.05) is 6.20 Å². The van der Waals surface area contributed by atoms with Gasteiger partial charge in [-0.25, -0.2) is 0 Å². The van der Waals surface area contributed by atoms with E-state index >= 15 is 0 Å². The fraction of sp³-hybridized carbons (Fsp3) is 0.643. The van der Waals surface area contributed by atoms with Gasteiger partial charge in [0.1, 0.15) is 0 Å². The number of anilines is 1. The Hall–Kier alpha value is -1.09. The van der Waals surface area contributed by atoms with E-state index in [1.54, 1.807) is 0 Å². The van der Waals surface area contributed by atoms with E-state index in [1.165, 1.54) is 5.69 Å². The van der Waals surface area contributed by atoms with E-state index in [4.69, 9.17) is 0 Å². The molecule has 0 aliphatic heterocycles. The number of nitrogens with zero attached hydrogens (tertiary/aromatic N) is 2. The zero-order valence-corrected chi connectivity index (χ0v) is 11.5. The molecule has 0 bridgehead atoms. The Bertz CT molecular complexity index is 325. The minimum Gasteiger partial charge on any atom is -0.372 e. The molecule has 1 N–H and O–H groups in total. The van der Waals surface area contributed by atoms with Crippen molar-refractivity contribution in [1.82, 2.24) is 10.3 Å². The van der Waals surface area contributed by atoms with Gasteiger partial charge in [0.25, 0.3) is 0 Å². The lowest BCUT2D eigenvalue weighted by Crippen LogP contribution is -2.28. The Morgan fingerprint density at radius 2 is 2.18 bits per heavy atom. The quantitative estimate of drug-likeness (QED) is 0.737. The topological polar surface area (TPSA) is 28.2 Å². The van der Waals surface area contributed by atoms with Gasteiger partial charge in [-0.2, -0.15) is 0 Å². The van der Waals surface area contributed by atoms with Crippen LogP contribution in [0.15, 0.2) is 18.3 Å². The highest BCUT2D eigenvalue weighted by atomic mass is 15.1. The molecule has 1 rings (SSSR count). The summed E-state index contributed by atoms with van der Waals surface area (Å²) < 4.78 is 0. The summed E-state index contributed by atoms with van der Waals surface area (Å²) in [4.78, 5) is 6.70. The molecule has 0 aliphatic rings. The standard InChI is InChI=1S/C14H25N3/c1-5-8-15-11-13-10-14(7-9-16-13)17(4)12(3)6-2/h7,9-10,12,15H,5-6,8,11H2,1-4H3. The van der Waals surface area contributed by atoms with Crippen LogP contribution >= 0.6 is 0 Å². The molecule has 0 saturated heterocycles. The van der Waals surface area contributed by atoms with Gasteiger partial charge in [-0.05, 0) is 38.4 Å². The first-order valence-electron chi connectivity index (χ1n) is 6.57. The second-order valence-corrected chi connectivity index (χ2v) is 4.55. The van der Waals surface area contributed by atoms with Crippen molar-refractivity contribution in [2.75, 3.05) is 18.5 Å². The molecule has 17 heavy (non-hydrogen) atoms. The van der Waals surface area contributed by atoms with Crippen molar-refractivity contribution < 1.29 is 0 Å². The summed E-state index contributed by atoms with van der Waals surface area (Å²) in [6.07, 6.45) is 4.21. The number of aromatic nitrogens is 1. The zero-order chi connectivity index (χ0) is 12.7. The van der Waals surface area contributed by atoms with Crippen LogP contribution < -0.4 is 10.2 Å². The molecule has 3 nitrogen and oxygen atoms in total. The molecule has 0 saturated carbocycles. The fourth-order valence-electron chi connectivity index (χ4n) is 1.70. The predicted molar refractivity (Wildman–Crippen MR) is 74.4 cm³/mol. The van der Waals surface area contributed by atoms with Crippen LogP contribution in [0.2, 0.25) is 0 Å². The van der Waals surface area contributed by atoms with E-state index < -0.39 is 0 Å². The summed E-state index contributed by atoms with van der Waals surface area (Å²) in [5.41, 5.74) is 2.37. The van der Waals surface area contributed by atoms with Crippen molar-refractivity contribution in [2.24, 2.45) is 0 Å². The average molecular weight is 235 g/mol. The highest BCUT2D eigenvalue weighted by molar-refractivity contribution is 5.46. The molecular formula is C14H25N3. The van der Waals surface area contributed by atoms with Crippen molar-refractivity contribution in [3.8, 4) is 0 Å². The molecule has 1 aromatic rings. The summed E-state index contributed by atoms with van der Waals surface area (Å²) in [5.74, 6) is 0. The lowest BCUT2D eigenvalue weighted by atomic mass is 10.2. The fourth-order valence-corrected chi connectivity index (χ4v) is 1.70. The highest BCUT2D eigenvalue weighted by Crippen LogP contribution is 2.16. The molecule has 0 aliphatic carbocycles. The third-order valence-corrected chi connectivity index (χ3v) is 3.19. The summed E-state index contributed by atoms with van der Waals surface area (Å²) in [6.45, 7) is 8.54. The molecule has 1 unspecified atom stereocenters. The highest BCUT2D eigenvalue weighted by Gasteiger charge is 2.08. The molecule has 0 spiro atoms. The van der Waals surface area contributed by atoms with E-state index in [0.29, 0.717) is 6.04 Å². The Labute approximate surface area is 105 Å². The molecular weight excluding hydrogens is 210 g/mol. The molecule has 0 radical (unpaired) electrons. The SMILES string of the molecule is CCCNCc1cc(N(C)C(C)CC)ccn1. The van der Waals surface area contributed by atoms with Gasteiger partial charge in [-0.3, -0.25) is 4.98 Å². The molecule has 3 heteroatoms. The van der Waals surface area contributed by atoms with E-state index in [0.717, 1.165) is 31.6 Å². The van der Waals surface area contributed by atoms with Crippen LogP contribution in [0, 0.1) is 0 Å². The maximum Gasteiger partial charge on any atom is 0.0562 e. The van der Waals surface area contributed by atoms with Crippen LogP contribution in [0.4, 0.5) is 5.69 Å². The van der Waals surface area contributed by atoms with Gasteiger partial charge in [-0.15, -0.1) is 0 Å². The Balaban J connectivity index is 2.64. The molecule has 96 valence electrons. The van der Waals surface area contributed by atoms with Gasteiger partial charge in [0, 0.05) is 31.5 Å². The zero-order valence-electron chi connectivity index (χ0n) is 11.5. The first-order chi connectivity index (χ1) is 8.19. The lowest BCUT2D eigenvalue weighted by molar-refractivity contribution is 0.654. The minimum atomic E-state index is 0.564. The van der Waals surface area contributed by atoms with Crippen LogP contribution in [-0.4, -0.2) is 24.6 Å². The Morgan fingerprint density at radius 1 is 1.41 bits per heavy atom. The molecule has 0 aromatic carbocycles. The van der Waals surface area contributed by atoms with Gasteiger partial charge in [0.15, 0.2) is 0 Å². The van der Waals surface area contributed by atoms with Gasteiger partial charge in [0.2, 0.25) is 0 Å². The molecule has 0 fully saturated rings. The number of hydrogen-bond acceptors (Lipinski definition) is 3. The largest absolute Gasteiger partial charge is 0.372 e. The van der Waals surface area contributed by atoms with Crippen molar-refractivity contribution in [2.45, 2.75) is 46.2 Å². The Kier molecular flexibility index (Phi) is 5.98. The normalized spacial score (nSPS) is 12.5. The van der Waals surface area contributed by atoms with Crippen LogP contribution in [-0.2, 0) is 6.54 Å². The second kappa shape index (κ2) is 7.28. The van der Waals surface area contributed by atoms with Gasteiger partial charge in [0.05, 0.1) is 5.69 Å². The Morgan fingerprint density at radius 3 is 2.82 bits per heavy atom. The van der Waals surface area contributed by atoms with Gasteiger partial charge in [-0.1, -0.05) is 13.8 Å². The maximum atomic E-state index is 4.39. The smallest absolute Gasteiger partial charge is 0.0562 e. The number of hydrogen-bond donors (Lipinski definition) is 1.